The van der Waals surface area contributed by atoms with Crippen molar-refractivity contribution < 1.29 is 4.42 Å². The molecular weight excluding hydrogens is 377 g/mol. The summed E-state index contributed by atoms with van der Waals surface area (Å²) in [6, 6.07) is 2.63. The van der Waals surface area contributed by atoms with E-state index >= 15 is 0 Å². The molecule has 5 heteroatoms. The van der Waals surface area contributed by atoms with Gasteiger partial charge in [-0.05, 0) is 38.7 Å². The number of aryl methyl sites for hydroxylation is 2. The molecule has 1 saturated carbocycles. The Hall–Kier alpha value is -0.720. The SMILES string of the molecule is CN=C(NCc1cc(C)oc1C)NC1CCCC(C)C1.I. The first-order chi connectivity index (χ1) is 9.58. The number of halogens is 1. The second kappa shape index (κ2) is 8.66. The molecule has 1 aliphatic rings. The zero-order valence-electron chi connectivity index (χ0n) is 13.5. The van der Waals surface area contributed by atoms with E-state index in [1.165, 1.54) is 31.2 Å². The van der Waals surface area contributed by atoms with Crippen LogP contribution in [-0.2, 0) is 6.54 Å². The molecule has 120 valence electrons. The maximum atomic E-state index is 5.54. The highest BCUT2D eigenvalue weighted by molar-refractivity contribution is 14.0. The number of nitrogens with one attached hydrogen (secondary N) is 2. The molecule has 0 aliphatic heterocycles. The number of furan rings is 1. The molecule has 0 radical (unpaired) electrons. The van der Waals surface area contributed by atoms with Crippen LogP contribution in [0.3, 0.4) is 0 Å². The van der Waals surface area contributed by atoms with Gasteiger partial charge < -0.3 is 15.1 Å². The van der Waals surface area contributed by atoms with Crippen molar-refractivity contribution in [1.82, 2.24) is 10.6 Å². The van der Waals surface area contributed by atoms with Crippen LogP contribution < -0.4 is 10.6 Å². The normalized spacial score (nSPS) is 22.6. The molecule has 4 nitrogen and oxygen atoms in total. The highest BCUT2D eigenvalue weighted by Crippen LogP contribution is 2.23. The fourth-order valence-electron chi connectivity index (χ4n) is 2.99. The summed E-state index contributed by atoms with van der Waals surface area (Å²) in [5, 5.41) is 6.92. The molecule has 2 N–H and O–H groups in total. The van der Waals surface area contributed by atoms with Gasteiger partial charge in [-0.1, -0.05) is 19.8 Å². The van der Waals surface area contributed by atoms with Crippen molar-refractivity contribution in [2.45, 2.75) is 59.0 Å². The Kier molecular flexibility index (Phi) is 7.56. The molecule has 0 amide bonds. The summed E-state index contributed by atoms with van der Waals surface area (Å²) in [5.74, 6) is 3.65. The lowest BCUT2D eigenvalue weighted by molar-refractivity contribution is 0.324. The molecule has 0 aromatic carbocycles. The Labute approximate surface area is 145 Å². The largest absolute Gasteiger partial charge is 0.466 e. The van der Waals surface area contributed by atoms with E-state index in [0.29, 0.717) is 6.04 Å². The van der Waals surface area contributed by atoms with Crippen LogP contribution in [-0.4, -0.2) is 19.0 Å². The first kappa shape index (κ1) is 18.3. The lowest BCUT2D eigenvalue weighted by Crippen LogP contribution is -2.44. The van der Waals surface area contributed by atoms with Crippen molar-refractivity contribution in [3.05, 3.63) is 23.2 Å². The zero-order chi connectivity index (χ0) is 14.5. The molecule has 1 aromatic rings. The molecule has 2 atom stereocenters. The van der Waals surface area contributed by atoms with Crippen LogP contribution in [0.2, 0.25) is 0 Å². The number of hydrogen-bond acceptors (Lipinski definition) is 2. The van der Waals surface area contributed by atoms with E-state index in [9.17, 15) is 0 Å². The third-order valence-electron chi connectivity index (χ3n) is 4.09. The molecule has 2 rings (SSSR count). The standard InChI is InChI=1S/C16H27N3O.HI/c1-11-6-5-7-15(8-11)19-16(17-4)18-10-14-9-12(2)20-13(14)3;/h9,11,15H,5-8,10H2,1-4H3,(H2,17,18,19);1H. The lowest BCUT2D eigenvalue weighted by atomic mass is 9.87. The van der Waals surface area contributed by atoms with Gasteiger partial charge in [0.25, 0.3) is 0 Å². The maximum Gasteiger partial charge on any atom is 0.191 e. The molecule has 1 aliphatic carbocycles. The van der Waals surface area contributed by atoms with Gasteiger partial charge in [0.05, 0.1) is 0 Å². The van der Waals surface area contributed by atoms with Crippen LogP contribution in [0.15, 0.2) is 15.5 Å². The van der Waals surface area contributed by atoms with Gasteiger partial charge in [0.1, 0.15) is 11.5 Å². The van der Waals surface area contributed by atoms with Crippen molar-refractivity contribution in [2.24, 2.45) is 10.9 Å². The van der Waals surface area contributed by atoms with Crippen LogP contribution in [0, 0.1) is 19.8 Å². The first-order valence-corrected chi connectivity index (χ1v) is 7.61. The predicted molar refractivity (Wildman–Crippen MR) is 98.4 cm³/mol. The molecular formula is C16H28IN3O. The summed E-state index contributed by atoms with van der Waals surface area (Å²) in [7, 11) is 1.83. The van der Waals surface area contributed by atoms with E-state index in [0.717, 1.165) is 29.9 Å². The Morgan fingerprint density at radius 1 is 1.38 bits per heavy atom. The first-order valence-electron chi connectivity index (χ1n) is 7.61. The Morgan fingerprint density at radius 3 is 2.71 bits per heavy atom. The highest BCUT2D eigenvalue weighted by Gasteiger charge is 2.19. The number of aliphatic imine (C=N–C) groups is 1. The average Bonchev–Trinajstić information content (AvgIpc) is 2.73. The fraction of sp³-hybridized carbons (Fsp3) is 0.688. The fourth-order valence-corrected chi connectivity index (χ4v) is 2.99. The van der Waals surface area contributed by atoms with Gasteiger partial charge in [0.2, 0.25) is 0 Å². The minimum atomic E-state index is 0. The predicted octanol–water partition coefficient (Wildman–Crippen LogP) is 3.76. The van der Waals surface area contributed by atoms with Crippen LogP contribution in [0.5, 0.6) is 0 Å². The van der Waals surface area contributed by atoms with Crippen molar-refractivity contribution in [3.8, 4) is 0 Å². The molecule has 0 saturated heterocycles. The summed E-state index contributed by atoms with van der Waals surface area (Å²) in [4.78, 5) is 4.32. The average molecular weight is 405 g/mol. The van der Waals surface area contributed by atoms with Gasteiger partial charge in [-0.25, -0.2) is 0 Å². The third-order valence-corrected chi connectivity index (χ3v) is 4.09. The van der Waals surface area contributed by atoms with Gasteiger partial charge in [-0.3, -0.25) is 4.99 Å². The third kappa shape index (κ3) is 5.52. The van der Waals surface area contributed by atoms with Gasteiger partial charge in [-0.15, -0.1) is 24.0 Å². The number of rotatable bonds is 3. The van der Waals surface area contributed by atoms with Crippen LogP contribution in [0.1, 0.15) is 49.7 Å². The summed E-state index contributed by atoms with van der Waals surface area (Å²) in [6.07, 6.45) is 5.16. The molecule has 21 heavy (non-hydrogen) atoms. The van der Waals surface area contributed by atoms with E-state index in [4.69, 9.17) is 4.42 Å². The molecule has 1 aromatic heterocycles. The van der Waals surface area contributed by atoms with Crippen LogP contribution in [0.4, 0.5) is 0 Å². The van der Waals surface area contributed by atoms with Crippen molar-refractivity contribution >= 4 is 29.9 Å². The Morgan fingerprint density at radius 2 is 2.14 bits per heavy atom. The highest BCUT2D eigenvalue weighted by atomic mass is 127. The molecule has 0 bridgehead atoms. The monoisotopic (exact) mass is 405 g/mol. The van der Waals surface area contributed by atoms with Crippen LogP contribution >= 0.6 is 24.0 Å². The summed E-state index contributed by atoms with van der Waals surface area (Å²) >= 11 is 0. The summed E-state index contributed by atoms with van der Waals surface area (Å²) in [5.41, 5.74) is 1.20. The van der Waals surface area contributed by atoms with E-state index in [1.807, 2.05) is 20.9 Å². The van der Waals surface area contributed by atoms with E-state index in [-0.39, 0.29) is 24.0 Å². The van der Waals surface area contributed by atoms with E-state index in [2.05, 4.69) is 28.6 Å². The van der Waals surface area contributed by atoms with Gasteiger partial charge in [0, 0.05) is 25.2 Å². The summed E-state index contributed by atoms with van der Waals surface area (Å²) in [6.45, 7) is 7.07. The Balaban J connectivity index is 0.00000220. The number of guanidine groups is 1. The zero-order valence-corrected chi connectivity index (χ0v) is 15.9. The molecule has 1 heterocycles. The maximum absolute atomic E-state index is 5.54. The minimum Gasteiger partial charge on any atom is -0.466 e. The van der Waals surface area contributed by atoms with Crippen molar-refractivity contribution in [1.29, 1.82) is 0 Å². The van der Waals surface area contributed by atoms with Crippen LogP contribution in [0.25, 0.3) is 0 Å². The van der Waals surface area contributed by atoms with E-state index in [1.54, 1.807) is 0 Å². The second-order valence-electron chi connectivity index (χ2n) is 5.98. The minimum absolute atomic E-state index is 0. The lowest BCUT2D eigenvalue weighted by Gasteiger charge is -2.28. The van der Waals surface area contributed by atoms with E-state index < -0.39 is 0 Å². The van der Waals surface area contributed by atoms with Gasteiger partial charge in [-0.2, -0.15) is 0 Å². The number of nitrogens with zero attached hydrogens (tertiary/aromatic N) is 1. The van der Waals surface area contributed by atoms with Crippen molar-refractivity contribution in [2.75, 3.05) is 7.05 Å². The molecule has 1 fully saturated rings. The topological polar surface area (TPSA) is 49.6 Å². The smallest absolute Gasteiger partial charge is 0.191 e. The molecule has 2 unspecified atom stereocenters. The molecule has 0 spiro atoms. The Bertz CT molecular complexity index is 470. The second-order valence-corrected chi connectivity index (χ2v) is 5.98. The van der Waals surface area contributed by atoms with Gasteiger partial charge in [0.15, 0.2) is 5.96 Å². The van der Waals surface area contributed by atoms with Gasteiger partial charge >= 0.3 is 0 Å². The summed E-state index contributed by atoms with van der Waals surface area (Å²) < 4.78 is 5.54. The number of hydrogen-bond donors (Lipinski definition) is 2. The quantitative estimate of drug-likeness (QED) is 0.458. The van der Waals surface area contributed by atoms with Crippen molar-refractivity contribution in [3.63, 3.8) is 0 Å².